The maximum atomic E-state index is 11.4. The van der Waals surface area contributed by atoms with Crippen LogP contribution in [0.5, 0.6) is 0 Å². The first kappa shape index (κ1) is 16.2. The average Bonchev–Trinajstić information content (AvgIpc) is 2.97. The van der Waals surface area contributed by atoms with Crippen molar-refractivity contribution in [3.05, 3.63) is 65.2 Å². The molecule has 1 aliphatic heterocycles. The summed E-state index contributed by atoms with van der Waals surface area (Å²) >= 11 is 1.34. The smallest absolute Gasteiger partial charge is 0.284 e. The van der Waals surface area contributed by atoms with Gasteiger partial charge >= 0.3 is 0 Å². The van der Waals surface area contributed by atoms with Crippen molar-refractivity contribution in [1.82, 2.24) is 5.48 Å². The highest BCUT2D eigenvalue weighted by atomic mass is 32.1. The van der Waals surface area contributed by atoms with Crippen molar-refractivity contribution in [2.24, 2.45) is 4.99 Å². The van der Waals surface area contributed by atoms with Gasteiger partial charge in [0, 0.05) is 29.5 Å². The second-order valence-electron chi connectivity index (χ2n) is 5.25. The summed E-state index contributed by atoms with van der Waals surface area (Å²) < 4.78 is 0. The number of allylic oxidation sites excluding steroid dienone is 2. The molecule has 0 unspecified atom stereocenters. The van der Waals surface area contributed by atoms with E-state index >= 15 is 0 Å². The fraction of sp³-hybridized carbons (Fsp3) is 0.111. The normalized spacial score (nSPS) is 13.3. The molecule has 3 N–H and O–H groups in total. The van der Waals surface area contributed by atoms with Crippen LogP contribution in [0.1, 0.15) is 16.1 Å². The molecule has 5 nitrogen and oxygen atoms in total. The zero-order valence-electron chi connectivity index (χ0n) is 12.9. The van der Waals surface area contributed by atoms with Gasteiger partial charge in [-0.2, -0.15) is 0 Å². The minimum absolute atomic E-state index is 0.477. The summed E-state index contributed by atoms with van der Waals surface area (Å²) in [5, 5.41) is 12.1. The Hall–Kier alpha value is -2.70. The molecule has 6 heteroatoms. The lowest BCUT2D eigenvalue weighted by Crippen LogP contribution is -2.16. The summed E-state index contributed by atoms with van der Waals surface area (Å²) in [6.45, 7) is 0.773. The molecule has 0 atom stereocenters. The van der Waals surface area contributed by atoms with Crippen molar-refractivity contribution in [1.29, 1.82) is 0 Å². The maximum absolute atomic E-state index is 11.4. The number of hydrogen-bond acceptors (Lipinski definition) is 5. The van der Waals surface area contributed by atoms with Gasteiger partial charge in [0.2, 0.25) is 0 Å². The number of nitrogens with zero attached hydrogens (tertiary/aromatic N) is 1. The number of carbonyl (C=O) groups is 1. The second-order valence-corrected chi connectivity index (χ2v) is 6.33. The summed E-state index contributed by atoms with van der Waals surface area (Å²) in [5.74, 6) is -0.487. The molecule has 0 bridgehead atoms. The first-order chi connectivity index (χ1) is 11.8. The third-order valence-electron chi connectivity index (χ3n) is 3.59. The molecule has 0 radical (unpaired) electrons. The van der Waals surface area contributed by atoms with Crippen molar-refractivity contribution in [3.63, 3.8) is 0 Å². The molecule has 1 aromatic heterocycles. The lowest BCUT2D eigenvalue weighted by atomic mass is 10.1. The van der Waals surface area contributed by atoms with Crippen LogP contribution in [0.4, 0.5) is 5.69 Å². The molecule has 0 spiro atoms. The number of amides is 1. The Morgan fingerprint density at radius 3 is 2.83 bits per heavy atom. The number of nitrogens with one attached hydrogen (secondary N) is 2. The van der Waals surface area contributed by atoms with E-state index in [2.05, 4.69) is 10.3 Å². The molecule has 3 rings (SSSR count). The Morgan fingerprint density at radius 2 is 2.04 bits per heavy atom. The summed E-state index contributed by atoms with van der Waals surface area (Å²) in [6, 6.07) is 11.6. The molecule has 1 aliphatic rings. The quantitative estimate of drug-likeness (QED) is 0.572. The van der Waals surface area contributed by atoms with E-state index in [0.29, 0.717) is 4.88 Å². The molecular formula is C18H17N3O2S. The molecule has 122 valence electrons. The van der Waals surface area contributed by atoms with E-state index < -0.39 is 5.91 Å². The van der Waals surface area contributed by atoms with Crippen molar-refractivity contribution in [3.8, 4) is 10.4 Å². The lowest BCUT2D eigenvalue weighted by molar-refractivity contribution is 0.0711. The number of thiophene rings is 1. The molecule has 2 heterocycles. The summed E-state index contributed by atoms with van der Waals surface area (Å²) in [7, 11) is 0. The first-order valence-electron chi connectivity index (χ1n) is 7.51. The number of hydroxylamine groups is 1. The zero-order valence-corrected chi connectivity index (χ0v) is 13.7. The van der Waals surface area contributed by atoms with Gasteiger partial charge in [-0.3, -0.25) is 15.0 Å². The van der Waals surface area contributed by atoms with E-state index in [9.17, 15) is 4.79 Å². The van der Waals surface area contributed by atoms with Gasteiger partial charge in [0.15, 0.2) is 0 Å². The van der Waals surface area contributed by atoms with Crippen molar-refractivity contribution < 1.29 is 10.0 Å². The van der Waals surface area contributed by atoms with Gasteiger partial charge in [-0.05, 0) is 47.9 Å². The minimum atomic E-state index is -0.487. The van der Waals surface area contributed by atoms with E-state index in [1.807, 2.05) is 48.7 Å². The van der Waals surface area contributed by atoms with Crippen LogP contribution in [0.15, 0.2) is 65.3 Å². The Kier molecular flexibility index (Phi) is 5.20. The number of rotatable bonds is 5. The summed E-state index contributed by atoms with van der Waals surface area (Å²) in [6.07, 6.45) is 8.58. The summed E-state index contributed by atoms with van der Waals surface area (Å²) in [4.78, 5) is 16.9. The summed E-state index contributed by atoms with van der Waals surface area (Å²) in [5.41, 5.74) is 4.99. The second kappa shape index (κ2) is 7.72. The Balaban J connectivity index is 1.64. The van der Waals surface area contributed by atoms with Crippen molar-refractivity contribution in [2.75, 3.05) is 11.9 Å². The third-order valence-corrected chi connectivity index (χ3v) is 4.72. The molecule has 0 saturated heterocycles. The fourth-order valence-corrected chi connectivity index (χ4v) is 3.20. The predicted octanol–water partition coefficient (Wildman–Crippen LogP) is 3.86. The van der Waals surface area contributed by atoms with Crippen LogP contribution in [0.3, 0.4) is 0 Å². The van der Waals surface area contributed by atoms with E-state index in [0.717, 1.165) is 29.1 Å². The van der Waals surface area contributed by atoms with E-state index in [1.54, 1.807) is 17.8 Å². The highest BCUT2D eigenvalue weighted by Crippen LogP contribution is 2.29. The topological polar surface area (TPSA) is 73.7 Å². The molecule has 0 saturated carbocycles. The molecule has 2 aromatic rings. The molecule has 0 fully saturated rings. The van der Waals surface area contributed by atoms with E-state index in [-0.39, 0.29) is 0 Å². The first-order valence-corrected chi connectivity index (χ1v) is 8.33. The Bertz CT molecular complexity index is 804. The molecular weight excluding hydrogens is 322 g/mol. The van der Waals surface area contributed by atoms with E-state index in [4.69, 9.17) is 5.21 Å². The van der Waals surface area contributed by atoms with Crippen LogP contribution < -0.4 is 10.8 Å². The van der Waals surface area contributed by atoms with Crippen LogP contribution in [-0.4, -0.2) is 23.9 Å². The predicted molar refractivity (Wildman–Crippen MR) is 97.8 cm³/mol. The van der Waals surface area contributed by atoms with E-state index in [1.165, 1.54) is 16.9 Å². The van der Waals surface area contributed by atoms with Crippen LogP contribution in [0, 0.1) is 0 Å². The number of aliphatic imine (C=N–C) groups is 1. The lowest BCUT2D eigenvalue weighted by Gasteiger charge is -2.08. The largest absolute Gasteiger partial charge is 0.381 e. The van der Waals surface area contributed by atoms with Gasteiger partial charge in [0.25, 0.3) is 5.91 Å². The number of anilines is 1. The zero-order chi connectivity index (χ0) is 16.8. The van der Waals surface area contributed by atoms with Crippen LogP contribution >= 0.6 is 11.3 Å². The van der Waals surface area contributed by atoms with Gasteiger partial charge < -0.3 is 5.32 Å². The monoisotopic (exact) mass is 339 g/mol. The average molecular weight is 339 g/mol. The number of hydrogen-bond donors (Lipinski definition) is 3. The van der Waals surface area contributed by atoms with Gasteiger partial charge in [0.1, 0.15) is 0 Å². The van der Waals surface area contributed by atoms with Crippen LogP contribution in [-0.2, 0) is 0 Å². The molecule has 0 aliphatic carbocycles. The van der Waals surface area contributed by atoms with Crippen molar-refractivity contribution in [2.45, 2.75) is 6.42 Å². The van der Waals surface area contributed by atoms with Crippen LogP contribution in [0.2, 0.25) is 0 Å². The Labute approximate surface area is 144 Å². The highest BCUT2D eigenvalue weighted by Gasteiger charge is 2.09. The fourth-order valence-electron chi connectivity index (χ4n) is 2.30. The van der Waals surface area contributed by atoms with Gasteiger partial charge in [-0.1, -0.05) is 18.2 Å². The standard InChI is InChI=1S/C18H17N3O2S/c22-18(21-23)17-8-7-16(24-17)14-3-5-15(6-4-14)20-12-13-2-1-10-19-11-9-13/h1,3-11,20,23H,2,12H2,(H,21,22). The maximum Gasteiger partial charge on any atom is 0.284 e. The third kappa shape index (κ3) is 3.98. The molecule has 24 heavy (non-hydrogen) atoms. The van der Waals surface area contributed by atoms with Crippen molar-refractivity contribution >= 4 is 29.1 Å². The minimum Gasteiger partial charge on any atom is -0.381 e. The molecule has 1 aromatic carbocycles. The van der Waals surface area contributed by atoms with Gasteiger partial charge in [-0.15, -0.1) is 11.3 Å². The van der Waals surface area contributed by atoms with Gasteiger partial charge in [0.05, 0.1) is 4.88 Å². The van der Waals surface area contributed by atoms with Gasteiger partial charge in [-0.25, -0.2) is 5.48 Å². The SMILES string of the molecule is O=C(NO)c1ccc(-c2ccc(NCC3=CC=NC=CC3)cc2)s1. The number of benzene rings is 1. The Morgan fingerprint density at radius 1 is 1.21 bits per heavy atom. The number of carbonyl (C=O) groups excluding carboxylic acids is 1. The van der Waals surface area contributed by atoms with Crippen LogP contribution in [0.25, 0.3) is 10.4 Å². The molecule has 1 amide bonds. The highest BCUT2D eigenvalue weighted by molar-refractivity contribution is 7.17.